The second-order valence-corrected chi connectivity index (χ2v) is 6.11. The highest BCUT2D eigenvalue weighted by Crippen LogP contribution is 2.30. The number of amides is 3. The van der Waals surface area contributed by atoms with E-state index in [-0.39, 0.29) is 30.4 Å². The quantitative estimate of drug-likeness (QED) is 0.748. The third-order valence-electron chi connectivity index (χ3n) is 4.15. The van der Waals surface area contributed by atoms with Gasteiger partial charge in [0.05, 0.1) is 12.6 Å². The van der Waals surface area contributed by atoms with Gasteiger partial charge in [-0.05, 0) is 32.3 Å². The molecule has 2 unspecified atom stereocenters. The van der Waals surface area contributed by atoms with Crippen molar-refractivity contribution >= 4 is 11.9 Å². The second-order valence-electron chi connectivity index (χ2n) is 6.11. The molecule has 0 radical (unpaired) electrons. The molecule has 0 saturated heterocycles. The standard InChI is InChI=1S/C18H27N3O3/c1-3-13(2)20-17(22)10-11-19-18(23)21-15-8-6-12-24-16-9-5-4-7-14(15)16/h4-5,7,9,13,15H,3,6,8,10-12H2,1-2H3,(H,20,22)(H2,19,21,23). The number of hydrogen-bond acceptors (Lipinski definition) is 3. The van der Waals surface area contributed by atoms with E-state index in [0.29, 0.717) is 13.2 Å². The Morgan fingerprint density at radius 2 is 2.12 bits per heavy atom. The summed E-state index contributed by atoms with van der Waals surface area (Å²) >= 11 is 0. The Morgan fingerprint density at radius 3 is 2.92 bits per heavy atom. The molecule has 0 saturated carbocycles. The lowest BCUT2D eigenvalue weighted by atomic mass is 10.0. The predicted octanol–water partition coefficient (Wildman–Crippen LogP) is 2.50. The van der Waals surface area contributed by atoms with Crippen LogP contribution in [-0.2, 0) is 4.79 Å². The summed E-state index contributed by atoms with van der Waals surface area (Å²) in [7, 11) is 0. The molecule has 0 aromatic heterocycles. The van der Waals surface area contributed by atoms with Crippen LogP contribution in [0.1, 0.15) is 51.1 Å². The van der Waals surface area contributed by atoms with E-state index in [9.17, 15) is 9.59 Å². The largest absolute Gasteiger partial charge is 0.493 e. The van der Waals surface area contributed by atoms with Crippen LogP contribution in [0.5, 0.6) is 5.75 Å². The van der Waals surface area contributed by atoms with Gasteiger partial charge in [0, 0.05) is 24.6 Å². The van der Waals surface area contributed by atoms with Crippen LogP contribution in [0.3, 0.4) is 0 Å². The molecule has 6 heteroatoms. The lowest BCUT2D eigenvalue weighted by Gasteiger charge is -2.18. The molecular formula is C18H27N3O3. The minimum atomic E-state index is -0.256. The molecule has 2 atom stereocenters. The molecule has 2 rings (SSSR count). The molecule has 6 nitrogen and oxygen atoms in total. The fraction of sp³-hybridized carbons (Fsp3) is 0.556. The van der Waals surface area contributed by atoms with E-state index < -0.39 is 0 Å². The fourth-order valence-electron chi connectivity index (χ4n) is 2.62. The van der Waals surface area contributed by atoms with Crippen molar-refractivity contribution in [3.05, 3.63) is 29.8 Å². The topological polar surface area (TPSA) is 79.5 Å². The molecule has 0 fully saturated rings. The molecule has 1 heterocycles. The predicted molar refractivity (Wildman–Crippen MR) is 93.0 cm³/mol. The van der Waals surface area contributed by atoms with Crippen LogP contribution in [0.15, 0.2) is 24.3 Å². The minimum Gasteiger partial charge on any atom is -0.493 e. The Morgan fingerprint density at radius 1 is 1.33 bits per heavy atom. The van der Waals surface area contributed by atoms with Crippen LogP contribution in [0.4, 0.5) is 4.79 Å². The Kier molecular flexibility index (Phi) is 6.90. The van der Waals surface area contributed by atoms with Crippen LogP contribution < -0.4 is 20.7 Å². The fourth-order valence-corrected chi connectivity index (χ4v) is 2.62. The van der Waals surface area contributed by atoms with E-state index in [1.54, 1.807) is 0 Å². The zero-order chi connectivity index (χ0) is 17.4. The van der Waals surface area contributed by atoms with Crippen molar-refractivity contribution < 1.29 is 14.3 Å². The second kappa shape index (κ2) is 9.15. The Labute approximate surface area is 143 Å². The molecule has 3 amide bonds. The Balaban J connectivity index is 1.79. The van der Waals surface area contributed by atoms with Gasteiger partial charge in [-0.25, -0.2) is 4.79 Å². The minimum absolute atomic E-state index is 0.0436. The third kappa shape index (κ3) is 5.44. The summed E-state index contributed by atoms with van der Waals surface area (Å²) < 4.78 is 5.70. The molecule has 1 aromatic carbocycles. The first kappa shape index (κ1) is 18.1. The maximum atomic E-state index is 12.1. The van der Waals surface area contributed by atoms with Crippen LogP contribution in [0.2, 0.25) is 0 Å². The van der Waals surface area contributed by atoms with Gasteiger partial charge in [0.15, 0.2) is 0 Å². The van der Waals surface area contributed by atoms with Gasteiger partial charge in [0.1, 0.15) is 5.75 Å². The van der Waals surface area contributed by atoms with Gasteiger partial charge < -0.3 is 20.7 Å². The summed E-state index contributed by atoms with van der Waals surface area (Å²) in [5.41, 5.74) is 1.000. The number of hydrogen-bond donors (Lipinski definition) is 3. The summed E-state index contributed by atoms with van der Waals surface area (Å²) in [5, 5.41) is 8.61. The van der Waals surface area contributed by atoms with Gasteiger partial charge in [0.25, 0.3) is 0 Å². The van der Waals surface area contributed by atoms with E-state index >= 15 is 0 Å². The Hall–Kier alpha value is -2.24. The lowest BCUT2D eigenvalue weighted by Crippen LogP contribution is -2.40. The number of para-hydroxylation sites is 1. The number of rotatable bonds is 6. The molecule has 132 valence electrons. The van der Waals surface area contributed by atoms with E-state index in [1.165, 1.54) is 0 Å². The third-order valence-corrected chi connectivity index (χ3v) is 4.15. The lowest BCUT2D eigenvalue weighted by molar-refractivity contribution is -0.121. The highest BCUT2D eigenvalue weighted by molar-refractivity contribution is 5.78. The van der Waals surface area contributed by atoms with Crippen molar-refractivity contribution in [3.8, 4) is 5.75 Å². The van der Waals surface area contributed by atoms with Crippen molar-refractivity contribution in [1.29, 1.82) is 0 Å². The number of carbonyl (C=O) groups is 2. The van der Waals surface area contributed by atoms with E-state index in [4.69, 9.17) is 4.74 Å². The van der Waals surface area contributed by atoms with Crippen LogP contribution in [-0.4, -0.2) is 31.1 Å². The van der Waals surface area contributed by atoms with Gasteiger partial charge in [0.2, 0.25) is 5.91 Å². The first-order chi connectivity index (χ1) is 11.6. The van der Waals surface area contributed by atoms with Gasteiger partial charge in [-0.1, -0.05) is 25.1 Å². The highest BCUT2D eigenvalue weighted by Gasteiger charge is 2.21. The normalized spacial score (nSPS) is 17.7. The average molecular weight is 333 g/mol. The zero-order valence-corrected chi connectivity index (χ0v) is 14.4. The molecule has 1 aliphatic rings. The molecule has 24 heavy (non-hydrogen) atoms. The van der Waals surface area contributed by atoms with Gasteiger partial charge in [-0.2, -0.15) is 0 Å². The molecule has 0 bridgehead atoms. The molecule has 0 spiro atoms. The van der Waals surface area contributed by atoms with Crippen molar-refractivity contribution in [3.63, 3.8) is 0 Å². The maximum Gasteiger partial charge on any atom is 0.315 e. The molecular weight excluding hydrogens is 306 g/mol. The van der Waals surface area contributed by atoms with E-state index in [1.807, 2.05) is 38.1 Å². The monoisotopic (exact) mass is 333 g/mol. The number of nitrogens with one attached hydrogen (secondary N) is 3. The SMILES string of the molecule is CCC(C)NC(=O)CCNC(=O)NC1CCCOc2ccccc21. The highest BCUT2D eigenvalue weighted by atomic mass is 16.5. The van der Waals surface area contributed by atoms with E-state index in [0.717, 1.165) is 30.6 Å². The summed E-state index contributed by atoms with van der Waals surface area (Å²) in [6.45, 7) is 4.96. The van der Waals surface area contributed by atoms with Gasteiger partial charge in [-0.3, -0.25) is 4.79 Å². The van der Waals surface area contributed by atoms with Crippen LogP contribution in [0.25, 0.3) is 0 Å². The summed E-state index contributed by atoms with van der Waals surface area (Å²) in [6.07, 6.45) is 2.89. The average Bonchev–Trinajstić information content (AvgIpc) is 2.77. The molecule has 1 aromatic rings. The van der Waals surface area contributed by atoms with Crippen molar-refractivity contribution in [2.45, 2.75) is 51.6 Å². The van der Waals surface area contributed by atoms with Crippen molar-refractivity contribution in [2.24, 2.45) is 0 Å². The van der Waals surface area contributed by atoms with Gasteiger partial charge in [-0.15, -0.1) is 0 Å². The van der Waals surface area contributed by atoms with Crippen LogP contribution in [0, 0.1) is 0 Å². The molecule has 3 N–H and O–H groups in total. The first-order valence-electron chi connectivity index (χ1n) is 8.65. The number of benzene rings is 1. The summed E-state index contributed by atoms with van der Waals surface area (Å²) in [4.78, 5) is 23.8. The first-order valence-corrected chi connectivity index (χ1v) is 8.65. The smallest absolute Gasteiger partial charge is 0.315 e. The summed E-state index contributed by atoms with van der Waals surface area (Å²) in [5.74, 6) is 0.783. The maximum absolute atomic E-state index is 12.1. The zero-order valence-electron chi connectivity index (χ0n) is 14.4. The number of ether oxygens (including phenoxy) is 1. The summed E-state index contributed by atoms with van der Waals surface area (Å²) in [6, 6.07) is 7.60. The van der Waals surface area contributed by atoms with E-state index in [2.05, 4.69) is 16.0 Å². The van der Waals surface area contributed by atoms with Crippen molar-refractivity contribution in [2.75, 3.05) is 13.2 Å². The number of urea groups is 1. The van der Waals surface area contributed by atoms with Gasteiger partial charge >= 0.3 is 6.03 Å². The Bertz CT molecular complexity index is 562. The number of carbonyl (C=O) groups excluding carboxylic acids is 2. The molecule has 1 aliphatic heterocycles. The van der Waals surface area contributed by atoms with Crippen molar-refractivity contribution in [1.82, 2.24) is 16.0 Å². The van der Waals surface area contributed by atoms with Crippen LogP contribution >= 0.6 is 0 Å². The number of fused-ring (bicyclic) bond motifs is 1. The molecule has 0 aliphatic carbocycles.